The van der Waals surface area contributed by atoms with Crippen LogP contribution in [0, 0.1) is 13.8 Å². The largest absolute Gasteiger partial charge is 0.424 e. The number of nitrogens with zero attached hydrogens (tertiary/aromatic N) is 3. The number of imide groups is 1. The highest BCUT2D eigenvalue weighted by Crippen LogP contribution is 2.27. The average molecular weight is 444 g/mol. The topological polar surface area (TPSA) is 101 Å². The molecule has 168 valence electrons. The van der Waals surface area contributed by atoms with Gasteiger partial charge in [-0.05, 0) is 75.7 Å². The molecule has 8 heteroatoms. The Morgan fingerprint density at radius 3 is 2.24 bits per heavy atom. The standard InChI is InChI=1S/C25H24N4O4/c1-5-16(4)29-23(31)20-11-6-17(13-21(20)24(29)32)22(30)28-18-7-9-19(10-8-18)33-25-26-14(2)12-15(3)27-25/h6-13,16H,5H2,1-4H3,(H,28,30). The summed E-state index contributed by atoms with van der Waals surface area (Å²) >= 11 is 0. The number of hydrogen-bond acceptors (Lipinski definition) is 6. The maximum atomic E-state index is 12.8. The fourth-order valence-electron chi connectivity index (χ4n) is 3.64. The van der Waals surface area contributed by atoms with E-state index in [0.717, 1.165) is 11.4 Å². The molecule has 2 aromatic carbocycles. The molecule has 0 spiro atoms. The third kappa shape index (κ3) is 4.45. The normalized spacial score (nSPS) is 13.6. The van der Waals surface area contributed by atoms with Gasteiger partial charge < -0.3 is 10.1 Å². The zero-order valence-corrected chi connectivity index (χ0v) is 18.9. The van der Waals surface area contributed by atoms with Gasteiger partial charge in [0, 0.05) is 28.7 Å². The lowest BCUT2D eigenvalue weighted by Crippen LogP contribution is -2.37. The number of nitrogens with one attached hydrogen (secondary N) is 1. The van der Waals surface area contributed by atoms with Crippen LogP contribution >= 0.6 is 0 Å². The molecule has 3 aromatic rings. The van der Waals surface area contributed by atoms with Crippen molar-refractivity contribution in [2.45, 2.75) is 40.2 Å². The van der Waals surface area contributed by atoms with E-state index in [2.05, 4.69) is 15.3 Å². The summed E-state index contributed by atoms with van der Waals surface area (Å²) in [4.78, 5) is 47.8. The molecule has 3 amide bonds. The number of hydrogen-bond donors (Lipinski definition) is 1. The summed E-state index contributed by atoms with van der Waals surface area (Å²) in [5.74, 6) is -0.537. The number of aryl methyl sites for hydroxylation is 2. The molecule has 1 unspecified atom stereocenters. The minimum Gasteiger partial charge on any atom is -0.424 e. The van der Waals surface area contributed by atoms with Crippen molar-refractivity contribution >= 4 is 23.4 Å². The minimum absolute atomic E-state index is 0.204. The Balaban J connectivity index is 1.47. The van der Waals surface area contributed by atoms with Gasteiger partial charge in [0.05, 0.1) is 11.1 Å². The van der Waals surface area contributed by atoms with E-state index < -0.39 is 0 Å². The Bertz CT molecular complexity index is 1230. The van der Waals surface area contributed by atoms with Crippen molar-refractivity contribution in [2.75, 3.05) is 5.32 Å². The van der Waals surface area contributed by atoms with Gasteiger partial charge in [-0.2, -0.15) is 0 Å². The van der Waals surface area contributed by atoms with Crippen molar-refractivity contribution in [3.63, 3.8) is 0 Å². The van der Waals surface area contributed by atoms with E-state index in [0.29, 0.717) is 29.0 Å². The molecule has 1 aliphatic rings. The van der Waals surface area contributed by atoms with Gasteiger partial charge in [0.2, 0.25) is 0 Å². The zero-order chi connectivity index (χ0) is 23.7. The first-order valence-corrected chi connectivity index (χ1v) is 10.7. The van der Waals surface area contributed by atoms with Crippen LogP contribution in [0.3, 0.4) is 0 Å². The van der Waals surface area contributed by atoms with Crippen LogP contribution in [-0.4, -0.2) is 38.6 Å². The molecule has 0 saturated carbocycles. The molecule has 1 atom stereocenters. The SMILES string of the molecule is CCC(C)N1C(=O)c2ccc(C(=O)Nc3ccc(Oc4nc(C)cc(C)n4)cc3)cc2C1=O. The van der Waals surface area contributed by atoms with Crippen LogP contribution < -0.4 is 10.1 Å². The highest BCUT2D eigenvalue weighted by molar-refractivity contribution is 6.22. The van der Waals surface area contributed by atoms with Gasteiger partial charge in [0.1, 0.15) is 5.75 Å². The summed E-state index contributed by atoms with van der Waals surface area (Å²) in [5, 5.41) is 2.79. The highest BCUT2D eigenvalue weighted by Gasteiger charge is 2.38. The summed E-state index contributed by atoms with van der Waals surface area (Å²) in [6.45, 7) is 7.47. The van der Waals surface area contributed by atoms with Crippen LogP contribution in [0.4, 0.5) is 5.69 Å². The summed E-state index contributed by atoms with van der Waals surface area (Å²) in [6, 6.07) is 13.3. The number of carbonyl (C=O) groups excluding carboxylic acids is 3. The molecule has 8 nitrogen and oxygen atoms in total. The maximum absolute atomic E-state index is 12.8. The van der Waals surface area contributed by atoms with Crippen molar-refractivity contribution < 1.29 is 19.1 Å². The molecule has 2 heterocycles. The van der Waals surface area contributed by atoms with Crippen LogP contribution in [0.25, 0.3) is 0 Å². The second-order valence-corrected chi connectivity index (χ2v) is 8.01. The monoisotopic (exact) mass is 444 g/mol. The van der Waals surface area contributed by atoms with E-state index in [4.69, 9.17) is 4.74 Å². The summed E-state index contributed by atoms with van der Waals surface area (Å²) < 4.78 is 5.69. The van der Waals surface area contributed by atoms with E-state index in [-0.39, 0.29) is 35.3 Å². The number of amides is 3. The first-order chi connectivity index (χ1) is 15.8. The van der Waals surface area contributed by atoms with Crippen LogP contribution in [0.1, 0.15) is 62.7 Å². The van der Waals surface area contributed by atoms with Gasteiger partial charge in [0.15, 0.2) is 0 Å². The molecular weight excluding hydrogens is 420 g/mol. The number of fused-ring (bicyclic) bond motifs is 1. The van der Waals surface area contributed by atoms with Crippen molar-refractivity contribution in [1.29, 1.82) is 0 Å². The molecule has 1 N–H and O–H groups in total. The van der Waals surface area contributed by atoms with Crippen molar-refractivity contribution in [3.8, 4) is 11.8 Å². The zero-order valence-electron chi connectivity index (χ0n) is 18.9. The molecule has 4 rings (SSSR count). The van der Waals surface area contributed by atoms with Gasteiger partial charge in [-0.25, -0.2) is 9.97 Å². The van der Waals surface area contributed by atoms with Crippen LogP contribution in [0.15, 0.2) is 48.5 Å². The summed E-state index contributed by atoms with van der Waals surface area (Å²) in [7, 11) is 0. The number of anilines is 1. The Morgan fingerprint density at radius 2 is 1.61 bits per heavy atom. The lowest BCUT2D eigenvalue weighted by Gasteiger charge is -2.20. The van der Waals surface area contributed by atoms with Crippen molar-refractivity contribution in [1.82, 2.24) is 14.9 Å². The van der Waals surface area contributed by atoms with Gasteiger partial charge in [-0.1, -0.05) is 6.92 Å². The van der Waals surface area contributed by atoms with Gasteiger partial charge in [-0.15, -0.1) is 0 Å². The van der Waals surface area contributed by atoms with E-state index in [1.807, 2.05) is 33.8 Å². The molecule has 0 radical (unpaired) electrons. The van der Waals surface area contributed by atoms with E-state index in [1.165, 1.54) is 17.0 Å². The Kier molecular flexibility index (Phi) is 5.91. The first-order valence-electron chi connectivity index (χ1n) is 10.7. The Hall–Kier alpha value is -4.07. The molecular formula is C25H24N4O4. The third-order valence-corrected chi connectivity index (χ3v) is 5.49. The van der Waals surface area contributed by atoms with Crippen LogP contribution in [0.2, 0.25) is 0 Å². The summed E-state index contributed by atoms with van der Waals surface area (Å²) in [5.41, 5.74) is 3.05. The maximum Gasteiger partial charge on any atom is 0.322 e. The lowest BCUT2D eigenvalue weighted by atomic mass is 10.1. The summed E-state index contributed by atoms with van der Waals surface area (Å²) in [6.07, 6.45) is 0.661. The smallest absolute Gasteiger partial charge is 0.322 e. The molecule has 1 aliphatic heterocycles. The number of rotatable bonds is 6. The Labute approximate surface area is 191 Å². The van der Waals surface area contributed by atoms with E-state index in [1.54, 1.807) is 30.3 Å². The van der Waals surface area contributed by atoms with Gasteiger partial charge in [0.25, 0.3) is 17.7 Å². The predicted octanol–water partition coefficient (Wildman–Crippen LogP) is 4.53. The quantitative estimate of drug-likeness (QED) is 0.561. The fraction of sp³-hybridized carbons (Fsp3) is 0.240. The van der Waals surface area contributed by atoms with Crippen LogP contribution in [-0.2, 0) is 0 Å². The molecule has 0 aliphatic carbocycles. The molecule has 0 fully saturated rings. The molecule has 0 saturated heterocycles. The highest BCUT2D eigenvalue weighted by atomic mass is 16.5. The third-order valence-electron chi connectivity index (χ3n) is 5.49. The molecule has 0 bridgehead atoms. The number of carbonyl (C=O) groups is 3. The second kappa shape index (κ2) is 8.82. The number of ether oxygens (including phenoxy) is 1. The lowest BCUT2D eigenvalue weighted by molar-refractivity contribution is 0.0593. The van der Waals surface area contributed by atoms with Crippen molar-refractivity contribution in [2.24, 2.45) is 0 Å². The molecule has 33 heavy (non-hydrogen) atoms. The predicted molar refractivity (Wildman–Crippen MR) is 123 cm³/mol. The fourth-order valence-corrected chi connectivity index (χ4v) is 3.64. The number of aromatic nitrogens is 2. The van der Waals surface area contributed by atoms with Crippen LogP contribution in [0.5, 0.6) is 11.8 Å². The average Bonchev–Trinajstić information content (AvgIpc) is 3.03. The Morgan fingerprint density at radius 1 is 0.970 bits per heavy atom. The van der Waals surface area contributed by atoms with Gasteiger partial charge in [-0.3, -0.25) is 19.3 Å². The first kappa shape index (κ1) is 22.1. The van der Waals surface area contributed by atoms with Gasteiger partial charge >= 0.3 is 6.01 Å². The van der Waals surface area contributed by atoms with Crippen molar-refractivity contribution in [3.05, 3.63) is 76.6 Å². The second-order valence-electron chi connectivity index (χ2n) is 8.01. The molecule has 1 aromatic heterocycles. The number of benzene rings is 2. The minimum atomic E-state index is -0.383. The van der Waals surface area contributed by atoms with E-state index >= 15 is 0 Å². The van der Waals surface area contributed by atoms with E-state index in [9.17, 15) is 14.4 Å².